The van der Waals surface area contributed by atoms with Gasteiger partial charge in [0.2, 0.25) is 5.95 Å². The minimum Gasteiger partial charge on any atom is -0.383 e. The lowest BCUT2D eigenvalue weighted by Crippen LogP contribution is -2.16. The maximum absolute atomic E-state index is 6.01. The monoisotopic (exact) mass is 233 g/mol. The van der Waals surface area contributed by atoms with E-state index in [1.807, 2.05) is 18.2 Å². The van der Waals surface area contributed by atoms with Crippen molar-refractivity contribution in [3.63, 3.8) is 0 Å². The van der Waals surface area contributed by atoms with Crippen LogP contribution in [0.5, 0.6) is 0 Å². The molecule has 0 amide bonds. The number of methoxy groups -OCH3 is 1. The van der Waals surface area contributed by atoms with Gasteiger partial charge in [-0.3, -0.25) is 0 Å². The molecule has 0 aliphatic carbocycles. The predicted octanol–water partition coefficient (Wildman–Crippen LogP) is 2.61. The zero-order valence-corrected chi connectivity index (χ0v) is 10.4. The van der Waals surface area contributed by atoms with Crippen molar-refractivity contribution >= 4 is 17.0 Å². The first-order chi connectivity index (χ1) is 8.27. The molecule has 1 aromatic carbocycles. The highest BCUT2D eigenvalue weighted by atomic mass is 16.5. The molecular formula is C13H19N3O. The van der Waals surface area contributed by atoms with Crippen LogP contribution in [0.3, 0.4) is 0 Å². The van der Waals surface area contributed by atoms with Crippen LogP contribution < -0.4 is 5.73 Å². The highest BCUT2D eigenvalue weighted by Gasteiger charge is 2.16. The van der Waals surface area contributed by atoms with Gasteiger partial charge in [0.15, 0.2) is 0 Å². The first-order valence-corrected chi connectivity index (χ1v) is 5.99. The molecule has 92 valence electrons. The van der Waals surface area contributed by atoms with E-state index in [9.17, 15) is 0 Å². The SMILES string of the molecule is CCCC(COC)n1c(N)nc2ccccc21. The van der Waals surface area contributed by atoms with Crippen LogP contribution in [-0.2, 0) is 4.74 Å². The number of benzene rings is 1. The summed E-state index contributed by atoms with van der Waals surface area (Å²) in [5.74, 6) is 0.571. The van der Waals surface area contributed by atoms with Gasteiger partial charge in [0, 0.05) is 7.11 Å². The van der Waals surface area contributed by atoms with Crippen LogP contribution in [0.2, 0.25) is 0 Å². The molecule has 2 rings (SSSR count). The number of aromatic nitrogens is 2. The summed E-state index contributed by atoms with van der Waals surface area (Å²) in [5.41, 5.74) is 8.04. The van der Waals surface area contributed by atoms with E-state index in [1.54, 1.807) is 7.11 Å². The standard InChI is InChI=1S/C13H19N3O/c1-3-6-10(9-17-2)16-12-8-5-4-7-11(12)15-13(16)14/h4-5,7-8,10H,3,6,9H2,1-2H3,(H2,14,15). The van der Waals surface area contributed by atoms with Crippen molar-refractivity contribution in [1.29, 1.82) is 0 Å². The number of ether oxygens (including phenoxy) is 1. The van der Waals surface area contributed by atoms with Crippen LogP contribution >= 0.6 is 0 Å². The minimum atomic E-state index is 0.261. The smallest absolute Gasteiger partial charge is 0.201 e. The lowest BCUT2D eigenvalue weighted by molar-refractivity contribution is 0.153. The second kappa shape index (κ2) is 5.19. The van der Waals surface area contributed by atoms with Crippen LogP contribution in [-0.4, -0.2) is 23.3 Å². The summed E-state index contributed by atoms with van der Waals surface area (Å²) in [5, 5.41) is 0. The van der Waals surface area contributed by atoms with Gasteiger partial charge in [-0.2, -0.15) is 0 Å². The van der Waals surface area contributed by atoms with Crippen molar-refractivity contribution in [2.45, 2.75) is 25.8 Å². The average Bonchev–Trinajstić information content (AvgIpc) is 2.64. The summed E-state index contributed by atoms with van der Waals surface area (Å²) in [4.78, 5) is 4.38. The number of hydrogen-bond donors (Lipinski definition) is 1. The van der Waals surface area contributed by atoms with Gasteiger partial charge in [0.1, 0.15) is 0 Å². The molecule has 0 radical (unpaired) electrons. The molecule has 0 saturated heterocycles. The zero-order valence-electron chi connectivity index (χ0n) is 10.4. The molecule has 0 aliphatic heterocycles. The maximum Gasteiger partial charge on any atom is 0.201 e. The Morgan fingerprint density at radius 1 is 1.41 bits per heavy atom. The summed E-state index contributed by atoms with van der Waals surface area (Å²) >= 11 is 0. The quantitative estimate of drug-likeness (QED) is 0.863. The van der Waals surface area contributed by atoms with Crippen molar-refractivity contribution in [1.82, 2.24) is 9.55 Å². The molecule has 1 heterocycles. The van der Waals surface area contributed by atoms with Crippen LogP contribution in [0.1, 0.15) is 25.8 Å². The number of para-hydroxylation sites is 2. The van der Waals surface area contributed by atoms with E-state index in [1.165, 1.54) is 0 Å². The number of anilines is 1. The molecule has 1 unspecified atom stereocenters. The molecule has 0 fully saturated rings. The minimum absolute atomic E-state index is 0.261. The number of nitrogens with zero attached hydrogens (tertiary/aromatic N) is 2. The molecule has 4 heteroatoms. The van der Waals surface area contributed by atoms with E-state index in [2.05, 4.69) is 22.5 Å². The Balaban J connectivity index is 2.47. The predicted molar refractivity (Wildman–Crippen MR) is 70.0 cm³/mol. The number of fused-ring (bicyclic) bond motifs is 1. The number of imidazole rings is 1. The summed E-state index contributed by atoms with van der Waals surface area (Å²) in [6, 6.07) is 8.28. The topological polar surface area (TPSA) is 53.1 Å². The van der Waals surface area contributed by atoms with E-state index < -0.39 is 0 Å². The van der Waals surface area contributed by atoms with E-state index in [0.29, 0.717) is 12.6 Å². The average molecular weight is 233 g/mol. The molecule has 0 saturated carbocycles. The number of nitrogens with two attached hydrogens (primary N) is 1. The second-order valence-electron chi connectivity index (χ2n) is 4.23. The highest BCUT2D eigenvalue weighted by Crippen LogP contribution is 2.25. The Morgan fingerprint density at radius 2 is 2.18 bits per heavy atom. The fourth-order valence-electron chi connectivity index (χ4n) is 2.26. The Hall–Kier alpha value is -1.55. The van der Waals surface area contributed by atoms with Gasteiger partial charge in [-0.25, -0.2) is 4.98 Å². The van der Waals surface area contributed by atoms with Gasteiger partial charge < -0.3 is 15.0 Å². The van der Waals surface area contributed by atoms with Crippen LogP contribution in [0, 0.1) is 0 Å². The van der Waals surface area contributed by atoms with Crippen molar-refractivity contribution in [3.8, 4) is 0 Å². The third kappa shape index (κ3) is 2.26. The van der Waals surface area contributed by atoms with Gasteiger partial charge in [0.05, 0.1) is 23.7 Å². The number of nitrogen functional groups attached to an aromatic ring is 1. The number of rotatable bonds is 5. The Kier molecular flexibility index (Phi) is 3.64. The van der Waals surface area contributed by atoms with Crippen molar-refractivity contribution in [2.24, 2.45) is 0 Å². The first-order valence-electron chi connectivity index (χ1n) is 5.99. The maximum atomic E-state index is 6.01. The van der Waals surface area contributed by atoms with Gasteiger partial charge in [-0.1, -0.05) is 25.5 Å². The molecule has 0 aliphatic rings. The van der Waals surface area contributed by atoms with E-state index in [0.717, 1.165) is 23.9 Å². The van der Waals surface area contributed by atoms with Gasteiger partial charge in [-0.05, 0) is 18.6 Å². The Labute approximate surface area is 101 Å². The summed E-state index contributed by atoms with van der Waals surface area (Å²) in [6.45, 7) is 2.83. The summed E-state index contributed by atoms with van der Waals surface area (Å²) in [6.07, 6.45) is 2.14. The van der Waals surface area contributed by atoms with Crippen LogP contribution in [0.4, 0.5) is 5.95 Å². The van der Waals surface area contributed by atoms with E-state index >= 15 is 0 Å². The molecule has 2 N–H and O–H groups in total. The molecule has 4 nitrogen and oxygen atoms in total. The van der Waals surface area contributed by atoms with Crippen LogP contribution in [0.15, 0.2) is 24.3 Å². The lowest BCUT2D eigenvalue weighted by Gasteiger charge is -2.19. The molecule has 1 atom stereocenters. The first kappa shape index (κ1) is 11.9. The molecule has 17 heavy (non-hydrogen) atoms. The Morgan fingerprint density at radius 3 is 2.88 bits per heavy atom. The van der Waals surface area contributed by atoms with Crippen molar-refractivity contribution in [3.05, 3.63) is 24.3 Å². The Bertz CT molecular complexity index is 486. The van der Waals surface area contributed by atoms with E-state index in [4.69, 9.17) is 10.5 Å². The van der Waals surface area contributed by atoms with Gasteiger partial charge >= 0.3 is 0 Å². The van der Waals surface area contributed by atoms with Gasteiger partial charge in [-0.15, -0.1) is 0 Å². The fraction of sp³-hybridized carbons (Fsp3) is 0.462. The molecule has 1 aromatic heterocycles. The molecule has 0 spiro atoms. The van der Waals surface area contributed by atoms with E-state index in [-0.39, 0.29) is 6.04 Å². The van der Waals surface area contributed by atoms with Crippen LogP contribution in [0.25, 0.3) is 11.0 Å². The highest BCUT2D eigenvalue weighted by molar-refractivity contribution is 5.78. The zero-order chi connectivity index (χ0) is 12.3. The number of hydrogen-bond acceptors (Lipinski definition) is 3. The summed E-state index contributed by atoms with van der Waals surface area (Å²) < 4.78 is 7.37. The second-order valence-corrected chi connectivity index (χ2v) is 4.23. The summed E-state index contributed by atoms with van der Waals surface area (Å²) in [7, 11) is 1.72. The molecule has 2 aromatic rings. The lowest BCUT2D eigenvalue weighted by atomic mass is 10.1. The third-order valence-corrected chi connectivity index (χ3v) is 2.97. The van der Waals surface area contributed by atoms with Crippen molar-refractivity contribution in [2.75, 3.05) is 19.5 Å². The third-order valence-electron chi connectivity index (χ3n) is 2.97. The normalized spacial score (nSPS) is 13.1. The fourth-order valence-corrected chi connectivity index (χ4v) is 2.26. The van der Waals surface area contributed by atoms with Crippen molar-refractivity contribution < 1.29 is 4.74 Å². The largest absolute Gasteiger partial charge is 0.383 e. The molecular weight excluding hydrogens is 214 g/mol. The molecule has 0 bridgehead atoms. The van der Waals surface area contributed by atoms with Gasteiger partial charge in [0.25, 0.3) is 0 Å².